The quantitative estimate of drug-likeness (QED) is 0.619. The van der Waals surface area contributed by atoms with E-state index < -0.39 is 6.10 Å². The van der Waals surface area contributed by atoms with Crippen molar-refractivity contribution in [2.75, 3.05) is 25.6 Å². The van der Waals surface area contributed by atoms with Crippen LogP contribution in [-0.2, 0) is 0 Å². The number of fused-ring (bicyclic) bond motifs is 1. The summed E-state index contributed by atoms with van der Waals surface area (Å²) in [6.07, 6.45) is -0.665. The fraction of sp³-hybridized carbons (Fsp3) is 0.273. The highest BCUT2D eigenvalue weighted by molar-refractivity contribution is 5.41. The van der Waals surface area contributed by atoms with Crippen LogP contribution in [0.4, 0.5) is 5.95 Å². The van der Waals surface area contributed by atoms with Crippen molar-refractivity contribution in [3.63, 3.8) is 0 Å². The number of hydrogen-bond donors (Lipinski definition) is 2. The van der Waals surface area contributed by atoms with Gasteiger partial charge in [-0.1, -0.05) is 24.3 Å². The lowest BCUT2D eigenvalue weighted by atomic mass is 10.2. The van der Waals surface area contributed by atoms with Crippen LogP contribution in [0.1, 0.15) is 18.7 Å². The predicted octanol–water partition coefficient (Wildman–Crippen LogP) is 3.17. The predicted molar refractivity (Wildman–Crippen MR) is 112 cm³/mol. The van der Waals surface area contributed by atoms with Gasteiger partial charge in [-0.2, -0.15) is 0 Å². The summed E-state index contributed by atoms with van der Waals surface area (Å²) in [6, 6.07) is 16.3. The molecule has 0 amide bonds. The number of aromatic nitrogens is 2. The van der Waals surface area contributed by atoms with Crippen LogP contribution in [0.5, 0.6) is 23.0 Å². The Morgan fingerprint density at radius 3 is 2.70 bits per heavy atom. The lowest BCUT2D eigenvalue weighted by Crippen LogP contribution is -2.36. The van der Waals surface area contributed by atoms with Crippen LogP contribution < -0.4 is 29.8 Å². The molecule has 0 spiro atoms. The van der Waals surface area contributed by atoms with E-state index >= 15 is 0 Å². The van der Waals surface area contributed by atoms with Gasteiger partial charge in [-0.15, -0.1) is 0 Å². The fourth-order valence-corrected chi connectivity index (χ4v) is 3.11. The summed E-state index contributed by atoms with van der Waals surface area (Å²) in [4.78, 5) is 19.3. The number of methoxy groups -OCH3 is 1. The smallest absolute Gasteiger partial charge is 0.252 e. The summed E-state index contributed by atoms with van der Waals surface area (Å²) in [5.41, 5.74) is 0.224. The third-order valence-corrected chi connectivity index (χ3v) is 4.62. The van der Waals surface area contributed by atoms with E-state index in [2.05, 4.69) is 15.3 Å². The Hall–Kier alpha value is -3.68. The molecular formula is C22H23N3O5. The zero-order valence-corrected chi connectivity index (χ0v) is 16.8. The maximum absolute atomic E-state index is 12.1. The van der Waals surface area contributed by atoms with Crippen LogP contribution in [0, 0.1) is 0 Å². The van der Waals surface area contributed by atoms with Gasteiger partial charge in [0.25, 0.3) is 5.56 Å². The number of rotatable bonds is 7. The summed E-state index contributed by atoms with van der Waals surface area (Å²) in [5, 5.41) is 3.12. The number of hydrogen-bond acceptors (Lipinski definition) is 7. The van der Waals surface area contributed by atoms with E-state index in [1.807, 2.05) is 49.4 Å². The van der Waals surface area contributed by atoms with Crippen molar-refractivity contribution in [3.8, 4) is 23.0 Å². The highest BCUT2D eigenvalue weighted by Crippen LogP contribution is 2.31. The number of anilines is 1. The summed E-state index contributed by atoms with van der Waals surface area (Å²) in [5.74, 6) is 2.96. The molecule has 0 fully saturated rings. The van der Waals surface area contributed by atoms with Gasteiger partial charge in [0, 0.05) is 6.07 Å². The van der Waals surface area contributed by atoms with Gasteiger partial charge in [-0.25, -0.2) is 4.98 Å². The van der Waals surface area contributed by atoms with Crippen LogP contribution in [0.25, 0.3) is 0 Å². The third kappa shape index (κ3) is 4.48. The Bertz CT molecular complexity index is 1070. The Balaban J connectivity index is 1.42. The molecule has 2 unspecified atom stereocenters. The Labute approximate surface area is 173 Å². The van der Waals surface area contributed by atoms with Gasteiger partial charge in [0.05, 0.1) is 19.3 Å². The van der Waals surface area contributed by atoms with Crippen molar-refractivity contribution in [2.24, 2.45) is 0 Å². The molecule has 1 aliphatic rings. The van der Waals surface area contributed by atoms with E-state index in [-0.39, 0.29) is 11.7 Å². The largest absolute Gasteiger partial charge is 0.493 e. The molecule has 3 aromatic rings. The number of ether oxygens (including phenoxy) is 4. The molecule has 0 saturated heterocycles. The first-order chi connectivity index (χ1) is 14.6. The number of benzene rings is 2. The third-order valence-electron chi connectivity index (χ3n) is 4.62. The molecule has 8 nitrogen and oxygen atoms in total. The molecule has 2 atom stereocenters. The topological polar surface area (TPSA) is 94.7 Å². The molecule has 8 heteroatoms. The van der Waals surface area contributed by atoms with Gasteiger partial charge < -0.3 is 24.3 Å². The molecule has 4 rings (SSSR count). The number of nitrogens with one attached hydrogen (secondary N) is 2. The first-order valence-electron chi connectivity index (χ1n) is 9.65. The van der Waals surface area contributed by atoms with Crippen molar-refractivity contribution in [3.05, 3.63) is 70.6 Å². The first-order valence-corrected chi connectivity index (χ1v) is 9.65. The first kappa shape index (κ1) is 19.6. The van der Waals surface area contributed by atoms with E-state index in [1.54, 1.807) is 13.2 Å². The average Bonchev–Trinajstić information content (AvgIpc) is 2.77. The Morgan fingerprint density at radius 1 is 1.17 bits per heavy atom. The molecule has 0 saturated carbocycles. The fourth-order valence-electron chi connectivity index (χ4n) is 3.11. The Kier molecular flexibility index (Phi) is 5.74. The number of H-pyrrole nitrogens is 1. The van der Waals surface area contributed by atoms with Crippen LogP contribution in [0.2, 0.25) is 0 Å². The van der Waals surface area contributed by atoms with Crippen molar-refractivity contribution < 1.29 is 18.9 Å². The standard InChI is InChI=1S/C22H23N3O5/c1-14(29-19-9-5-3-7-17(19)27-2)16-11-21(26)25-22(24-16)23-12-15-13-28-18-8-4-6-10-20(18)30-15/h3-11,14-15H,12-13H2,1-2H3,(H2,23,24,25,26). The van der Waals surface area contributed by atoms with Crippen molar-refractivity contribution in [1.82, 2.24) is 9.97 Å². The van der Waals surface area contributed by atoms with Gasteiger partial charge in [-0.05, 0) is 31.2 Å². The van der Waals surface area contributed by atoms with E-state index in [4.69, 9.17) is 18.9 Å². The highest BCUT2D eigenvalue weighted by Gasteiger charge is 2.21. The van der Waals surface area contributed by atoms with Gasteiger partial charge in [0.2, 0.25) is 5.95 Å². The zero-order chi connectivity index (χ0) is 20.9. The lowest BCUT2D eigenvalue weighted by molar-refractivity contribution is 0.0996. The minimum atomic E-state index is -0.453. The zero-order valence-electron chi connectivity index (χ0n) is 16.8. The van der Waals surface area contributed by atoms with Crippen molar-refractivity contribution in [2.45, 2.75) is 19.1 Å². The number of nitrogens with zero attached hydrogens (tertiary/aromatic N) is 1. The van der Waals surface area contributed by atoms with E-state index in [9.17, 15) is 4.79 Å². The van der Waals surface area contributed by atoms with Crippen LogP contribution >= 0.6 is 0 Å². The molecule has 30 heavy (non-hydrogen) atoms. The number of para-hydroxylation sites is 4. The molecule has 2 N–H and O–H groups in total. The van der Waals surface area contributed by atoms with Crippen molar-refractivity contribution in [1.29, 1.82) is 0 Å². The second-order valence-corrected chi connectivity index (χ2v) is 6.81. The lowest BCUT2D eigenvalue weighted by Gasteiger charge is -2.26. The SMILES string of the molecule is COc1ccccc1OC(C)c1cc(=O)[nH]c(NCC2COc3ccccc3O2)n1. The summed E-state index contributed by atoms with van der Waals surface area (Å²) in [6.45, 7) is 2.65. The van der Waals surface area contributed by atoms with Gasteiger partial charge in [-0.3, -0.25) is 9.78 Å². The molecule has 156 valence electrons. The highest BCUT2D eigenvalue weighted by atomic mass is 16.6. The minimum absolute atomic E-state index is 0.212. The molecular weight excluding hydrogens is 386 g/mol. The second kappa shape index (κ2) is 8.77. The van der Waals surface area contributed by atoms with Crippen LogP contribution in [0.3, 0.4) is 0 Å². The van der Waals surface area contributed by atoms with Crippen molar-refractivity contribution >= 4 is 5.95 Å². The summed E-state index contributed by atoms with van der Waals surface area (Å²) < 4.78 is 22.9. The summed E-state index contributed by atoms with van der Waals surface area (Å²) in [7, 11) is 1.58. The minimum Gasteiger partial charge on any atom is -0.493 e. The number of aromatic amines is 1. The van der Waals surface area contributed by atoms with E-state index in [0.29, 0.717) is 42.0 Å². The van der Waals surface area contributed by atoms with Crippen LogP contribution in [-0.4, -0.2) is 36.3 Å². The maximum Gasteiger partial charge on any atom is 0.252 e. The second-order valence-electron chi connectivity index (χ2n) is 6.81. The van der Waals surface area contributed by atoms with Gasteiger partial charge in [0.15, 0.2) is 23.0 Å². The average molecular weight is 409 g/mol. The normalized spacial score (nSPS) is 15.9. The molecule has 1 aromatic heterocycles. The van der Waals surface area contributed by atoms with Gasteiger partial charge in [0.1, 0.15) is 18.8 Å². The van der Waals surface area contributed by atoms with E-state index in [1.165, 1.54) is 6.07 Å². The molecule has 2 aromatic carbocycles. The molecule has 0 aliphatic carbocycles. The summed E-state index contributed by atoms with van der Waals surface area (Å²) >= 11 is 0. The molecule has 0 radical (unpaired) electrons. The monoisotopic (exact) mass is 409 g/mol. The maximum atomic E-state index is 12.1. The van der Waals surface area contributed by atoms with Crippen LogP contribution in [0.15, 0.2) is 59.4 Å². The van der Waals surface area contributed by atoms with E-state index in [0.717, 1.165) is 5.75 Å². The molecule has 2 heterocycles. The Morgan fingerprint density at radius 2 is 1.90 bits per heavy atom. The van der Waals surface area contributed by atoms with Gasteiger partial charge >= 0.3 is 0 Å². The molecule has 0 bridgehead atoms. The molecule has 1 aliphatic heterocycles.